The average Bonchev–Trinajstić information content (AvgIpc) is 3.35. The van der Waals surface area contributed by atoms with Crippen LogP contribution in [0.25, 0.3) is 11.6 Å². The molecule has 2 aliphatic heterocycles. The van der Waals surface area contributed by atoms with Gasteiger partial charge in [-0.1, -0.05) is 11.8 Å². The fraction of sp³-hybridized carbons (Fsp3) is 0.250. The molecule has 4 N–H and O–H groups in total. The number of halogens is 1. The van der Waals surface area contributed by atoms with Gasteiger partial charge in [0.2, 0.25) is 0 Å². The Hall–Kier alpha value is -3.08. The number of nitrogens with one attached hydrogen (secondary N) is 3. The summed E-state index contributed by atoms with van der Waals surface area (Å²) >= 11 is 0. The second-order valence-electron chi connectivity index (χ2n) is 6.44. The van der Waals surface area contributed by atoms with Crippen molar-refractivity contribution in [1.82, 2.24) is 10.3 Å². The van der Waals surface area contributed by atoms with Crippen LogP contribution < -0.4 is 15.4 Å². The Kier molecular flexibility index (Phi) is 4.44. The van der Waals surface area contributed by atoms with Crippen molar-refractivity contribution < 1.29 is 19.0 Å². The van der Waals surface area contributed by atoms with E-state index in [1.807, 2.05) is 0 Å². The van der Waals surface area contributed by atoms with Crippen molar-refractivity contribution in [2.24, 2.45) is 0 Å². The van der Waals surface area contributed by atoms with E-state index >= 15 is 0 Å². The summed E-state index contributed by atoms with van der Waals surface area (Å²) in [4.78, 5) is 15.5. The Balaban J connectivity index is 1.79. The molecule has 0 bridgehead atoms. The summed E-state index contributed by atoms with van der Waals surface area (Å²) in [5, 5.41) is 15.4. The number of benzene rings is 1. The number of hydrogen-bond donors (Lipinski definition) is 4. The van der Waals surface area contributed by atoms with Crippen LogP contribution in [0.15, 0.2) is 24.4 Å². The lowest BCUT2D eigenvalue weighted by atomic mass is 9.98. The summed E-state index contributed by atoms with van der Waals surface area (Å²) in [6.07, 6.45) is 3.36. The molecule has 7 heteroatoms. The number of hydrogen-bond acceptors (Lipinski definition) is 4. The van der Waals surface area contributed by atoms with Gasteiger partial charge in [-0.2, -0.15) is 0 Å². The van der Waals surface area contributed by atoms with E-state index in [0.29, 0.717) is 41.2 Å². The maximum atomic E-state index is 14.5. The fourth-order valence-corrected chi connectivity index (χ4v) is 3.31. The molecule has 1 saturated heterocycles. The second-order valence-corrected chi connectivity index (χ2v) is 6.44. The highest BCUT2D eigenvalue weighted by atomic mass is 19.1. The van der Waals surface area contributed by atoms with Gasteiger partial charge in [-0.05, 0) is 24.3 Å². The lowest BCUT2D eigenvalue weighted by Crippen LogP contribution is -2.19. The number of amides is 1. The maximum absolute atomic E-state index is 14.5. The van der Waals surface area contributed by atoms with Gasteiger partial charge < -0.3 is 25.5 Å². The first kappa shape index (κ1) is 17.3. The number of carbonyl (C=O) groups is 1. The number of methoxy groups -OCH3 is 1. The predicted octanol–water partition coefficient (Wildman–Crippen LogP) is 1.73. The number of aromatic nitrogens is 1. The van der Waals surface area contributed by atoms with Gasteiger partial charge in [0.25, 0.3) is 5.91 Å². The normalized spacial score (nSPS) is 22.3. The largest absolute Gasteiger partial charge is 0.495 e. The summed E-state index contributed by atoms with van der Waals surface area (Å²) in [6, 6.07) is 4.34. The number of fused-ring (bicyclic) bond motifs is 1. The number of anilines is 1. The Morgan fingerprint density at radius 3 is 2.96 bits per heavy atom. The van der Waals surface area contributed by atoms with Crippen LogP contribution in [0.3, 0.4) is 0 Å². The monoisotopic (exact) mass is 367 g/mol. The van der Waals surface area contributed by atoms with Crippen LogP contribution in [-0.4, -0.2) is 41.8 Å². The van der Waals surface area contributed by atoms with Crippen molar-refractivity contribution >= 4 is 23.2 Å². The summed E-state index contributed by atoms with van der Waals surface area (Å²) in [6.45, 7) is 0.465. The molecule has 2 aromatic rings. The van der Waals surface area contributed by atoms with Crippen molar-refractivity contribution in [3.05, 3.63) is 47.0 Å². The third-order valence-electron chi connectivity index (χ3n) is 4.64. The molecule has 1 fully saturated rings. The van der Waals surface area contributed by atoms with Crippen LogP contribution in [0.5, 0.6) is 5.75 Å². The SMILES string of the molecule is COc1cc[nH]c1C=C1C(=O)Nc2ccc(F)c(C#CC3CC(O)CN3)c21. The molecule has 138 valence electrons. The molecule has 0 radical (unpaired) electrons. The van der Waals surface area contributed by atoms with Crippen molar-refractivity contribution in [2.45, 2.75) is 18.6 Å². The molecule has 2 atom stereocenters. The smallest absolute Gasteiger partial charge is 0.256 e. The zero-order valence-corrected chi connectivity index (χ0v) is 14.6. The van der Waals surface area contributed by atoms with E-state index in [-0.39, 0.29) is 17.5 Å². The van der Waals surface area contributed by atoms with Crippen LogP contribution >= 0.6 is 0 Å². The Bertz CT molecular complexity index is 1000. The predicted molar refractivity (Wildman–Crippen MR) is 99.5 cm³/mol. The standard InChI is InChI=1S/C20H18FN3O3/c1-27-18-6-7-22-17(18)9-14-19-13(3-2-11-8-12(25)10-23-11)15(21)4-5-16(19)24-20(14)26/h4-7,9,11-12,22-23,25H,8,10H2,1H3,(H,24,26). The third-order valence-corrected chi connectivity index (χ3v) is 4.64. The highest BCUT2D eigenvalue weighted by Gasteiger charge is 2.29. The molecule has 6 nitrogen and oxygen atoms in total. The molecule has 1 aromatic carbocycles. The number of carbonyl (C=O) groups excluding carboxylic acids is 1. The van der Waals surface area contributed by atoms with E-state index in [0.717, 1.165) is 0 Å². The minimum Gasteiger partial charge on any atom is -0.495 e. The molecule has 2 unspecified atom stereocenters. The lowest BCUT2D eigenvalue weighted by molar-refractivity contribution is -0.110. The van der Waals surface area contributed by atoms with Gasteiger partial charge in [-0.15, -0.1) is 0 Å². The van der Waals surface area contributed by atoms with Crippen LogP contribution in [-0.2, 0) is 4.79 Å². The van der Waals surface area contributed by atoms with Gasteiger partial charge in [-0.3, -0.25) is 4.79 Å². The number of β-amino-alcohol motifs (C(OH)–C–C–N with tert-alkyl or cyclic N) is 1. The van der Waals surface area contributed by atoms with E-state index in [1.54, 1.807) is 18.3 Å². The van der Waals surface area contributed by atoms with E-state index < -0.39 is 11.9 Å². The van der Waals surface area contributed by atoms with E-state index in [4.69, 9.17) is 4.74 Å². The Morgan fingerprint density at radius 1 is 1.37 bits per heavy atom. The summed E-state index contributed by atoms with van der Waals surface area (Å²) in [7, 11) is 1.54. The number of aliphatic hydroxyl groups is 1. The highest BCUT2D eigenvalue weighted by molar-refractivity contribution is 6.35. The third kappa shape index (κ3) is 3.21. The van der Waals surface area contributed by atoms with Crippen molar-refractivity contribution in [3.63, 3.8) is 0 Å². The topological polar surface area (TPSA) is 86.4 Å². The molecule has 27 heavy (non-hydrogen) atoms. The van der Waals surface area contributed by atoms with E-state index in [2.05, 4.69) is 27.5 Å². The first-order chi connectivity index (χ1) is 13.1. The van der Waals surface area contributed by atoms with Crippen LogP contribution in [0, 0.1) is 17.7 Å². The van der Waals surface area contributed by atoms with E-state index in [9.17, 15) is 14.3 Å². The summed E-state index contributed by atoms with van der Waals surface area (Å²) < 4.78 is 19.8. The van der Waals surface area contributed by atoms with Crippen molar-refractivity contribution in [1.29, 1.82) is 0 Å². The van der Waals surface area contributed by atoms with Crippen molar-refractivity contribution in [2.75, 3.05) is 19.0 Å². The second kappa shape index (κ2) is 6.91. The molecule has 0 spiro atoms. The first-order valence-electron chi connectivity index (χ1n) is 8.57. The van der Waals surface area contributed by atoms with Gasteiger partial charge in [0, 0.05) is 24.7 Å². The van der Waals surface area contributed by atoms with Crippen molar-refractivity contribution in [3.8, 4) is 17.6 Å². The van der Waals surface area contributed by atoms with Gasteiger partial charge in [0.05, 0.1) is 41.8 Å². The highest BCUT2D eigenvalue weighted by Crippen LogP contribution is 2.37. The number of H-pyrrole nitrogens is 1. The minimum atomic E-state index is -0.499. The molecule has 2 aliphatic rings. The number of rotatable bonds is 2. The lowest BCUT2D eigenvalue weighted by Gasteiger charge is -2.05. The van der Waals surface area contributed by atoms with E-state index in [1.165, 1.54) is 19.2 Å². The number of ether oxygens (including phenoxy) is 1. The van der Waals surface area contributed by atoms with Gasteiger partial charge in [-0.25, -0.2) is 4.39 Å². The number of aliphatic hydroxyl groups excluding tert-OH is 1. The van der Waals surface area contributed by atoms with Crippen LogP contribution in [0.2, 0.25) is 0 Å². The molecule has 0 aliphatic carbocycles. The zero-order chi connectivity index (χ0) is 19.0. The fourth-order valence-electron chi connectivity index (χ4n) is 3.31. The molecule has 4 rings (SSSR count). The van der Waals surface area contributed by atoms with Gasteiger partial charge in [0.1, 0.15) is 11.6 Å². The Labute approximate surface area is 155 Å². The molecule has 0 saturated carbocycles. The minimum absolute atomic E-state index is 0.158. The Morgan fingerprint density at radius 2 is 2.22 bits per heavy atom. The number of aromatic amines is 1. The zero-order valence-electron chi connectivity index (χ0n) is 14.6. The quantitative estimate of drug-likeness (QED) is 0.481. The van der Waals surface area contributed by atoms with Gasteiger partial charge >= 0.3 is 0 Å². The maximum Gasteiger partial charge on any atom is 0.256 e. The van der Waals surface area contributed by atoms with Crippen LogP contribution in [0.4, 0.5) is 10.1 Å². The van der Waals surface area contributed by atoms with Gasteiger partial charge in [0.15, 0.2) is 0 Å². The molecular formula is C20H18FN3O3. The first-order valence-corrected chi connectivity index (χ1v) is 8.57. The summed E-state index contributed by atoms with van der Waals surface area (Å²) in [5.74, 6) is 5.57. The summed E-state index contributed by atoms with van der Waals surface area (Å²) in [5.41, 5.74) is 2.03. The molecule has 3 heterocycles. The molecular weight excluding hydrogens is 349 g/mol. The van der Waals surface area contributed by atoms with Crippen LogP contribution in [0.1, 0.15) is 23.2 Å². The average molecular weight is 367 g/mol. The molecule has 1 amide bonds. The molecule has 1 aromatic heterocycles.